The van der Waals surface area contributed by atoms with E-state index in [1.165, 1.54) is 30.0 Å². The number of anilines is 2. The van der Waals surface area contributed by atoms with Crippen LogP contribution in [0.2, 0.25) is 0 Å². The molecule has 1 aromatic rings. The van der Waals surface area contributed by atoms with Crippen LogP contribution in [0, 0.1) is 0 Å². The molecule has 2 nitrogen and oxygen atoms in total. The molecule has 1 aromatic carbocycles. The average molecular weight is 186 g/mol. The molecule has 0 unspecified atom stereocenters. The van der Waals surface area contributed by atoms with Gasteiger partial charge in [0.1, 0.15) is 5.82 Å². The Kier molecular flexibility index (Phi) is 1.43. The summed E-state index contributed by atoms with van der Waals surface area (Å²) in [6.45, 7) is 0. The van der Waals surface area contributed by atoms with E-state index in [4.69, 9.17) is 0 Å². The molecular formula is C12H14N2. The fraction of sp³-hybridized carbons (Fsp3) is 0.333. The Morgan fingerprint density at radius 3 is 1.86 bits per heavy atom. The minimum absolute atomic E-state index is 1.28. The number of nitrogens with zero attached hydrogens (tertiary/aromatic N) is 2. The largest absolute Gasteiger partial charge is 0.329 e. The van der Waals surface area contributed by atoms with E-state index in [-0.39, 0.29) is 0 Å². The Morgan fingerprint density at radius 1 is 0.929 bits per heavy atom. The van der Waals surface area contributed by atoms with Crippen LogP contribution in [0.5, 0.6) is 0 Å². The van der Waals surface area contributed by atoms with Gasteiger partial charge in [0, 0.05) is 14.1 Å². The fourth-order valence-corrected chi connectivity index (χ4v) is 2.25. The van der Waals surface area contributed by atoms with Gasteiger partial charge in [0.05, 0.1) is 11.4 Å². The van der Waals surface area contributed by atoms with Crippen molar-refractivity contribution in [3.05, 3.63) is 35.7 Å². The molecule has 2 aliphatic rings. The monoisotopic (exact) mass is 186 g/mol. The first kappa shape index (κ1) is 7.92. The van der Waals surface area contributed by atoms with Crippen molar-refractivity contribution >= 4 is 11.4 Å². The molecule has 1 aliphatic heterocycles. The van der Waals surface area contributed by atoms with Crippen LogP contribution in [0.15, 0.2) is 35.7 Å². The van der Waals surface area contributed by atoms with Crippen molar-refractivity contribution in [2.24, 2.45) is 0 Å². The van der Waals surface area contributed by atoms with E-state index in [0.29, 0.717) is 0 Å². The van der Waals surface area contributed by atoms with Gasteiger partial charge in [0.25, 0.3) is 0 Å². The maximum absolute atomic E-state index is 2.30. The molecule has 1 saturated carbocycles. The first-order chi connectivity index (χ1) is 6.79. The van der Waals surface area contributed by atoms with Gasteiger partial charge in [-0.25, -0.2) is 0 Å². The molecule has 72 valence electrons. The van der Waals surface area contributed by atoms with Crippen LogP contribution in [0.1, 0.15) is 12.8 Å². The highest BCUT2D eigenvalue weighted by molar-refractivity contribution is 5.82. The topological polar surface area (TPSA) is 6.48 Å². The van der Waals surface area contributed by atoms with Crippen LogP contribution < -0.4 is 9.80 Å². The van der Waals surface area contributed by atoms with E-state index >= 15 is 0 Å². The summed E-state index contributed by atoms with van der Waals surface area (Å²) in [5.41, 5.74) is 4.24. The van der Waals surface area contributed by atoms with Crippen LogP contribution >= 0.6 is 0 Å². The van der Waals surface area contributed by atoms with Crippen molar-refractivity contribution in [2.75, 3.05) is 23.9 Å². The molecular weight excluding hydrogens is 172 g/mol. The predicted molar refractivity (Wildman–Crippen MR) is 59.5 cm³/mol. The Balaban J connectivity index is 2.18. The summed E-state index contributed by atoms with van der Waals surface area (Å²) in [5.74, 6) is 1.39. The number of hydrogen-bond acceptors (Lipinski definition) is 2. The first-order valence-corrected chi connectivity index (χ1v) is 5.07. The number of allylic oxidation sites excluding steroid dienone is 1. The molecule has 0 saturated heterocycles. The highest BCUT2D eigenvalue weighted by Gasteiger charge is 2.31. The first-order valence-electron chi connectivity index (χ1n) is 5.07. The SMILES string of the molecule is CN1C(=C2CC2)N(C)c2ccccc21. The third-order valence-corrected chi connectivity index (χ3v) is 3.06. The lowest BCUT2D eigenvalue weighted by atomic mass is 10.3. The lowest BCUT2D eigenvalue weighted by molar-refractivity contribution is 1.04. The van der Waals surface area contributed by atoms with Crippen LogP contribution in [-0.2, 0) is 0 Å². The van der Waals surface area contributed by atoms with E-state index in [1.807, 2.05) is 0 Å². The summed E-state index contributed by atoms with van der Waals surface area (Å²) in [7, 11) is 4.31. The maximum atomic E-state index is 2.30. The molecule has 0 atom stereocenters. The van der Waals surface area contributed by atoms with Crippen molar-refractivity contribution < 1.29 is 0 Å². The van der Waals surface area contributed by atoms with Gasteiger partial charge < -0.3 is 9.80 Å². The second-order valence-electron chi connectivity index (χ2n) is 4.03. The van der Waals surface area contributed by atoms with Crippen LogP contribution in [-0.4, -0.2) is 14.1 Å². The summed E-state index contributed by atoms with van der Waals surface area (Å²) in [6, 6.07) is 8.57. The van der Waals surface area contributed by atoms with Crippen molar-refractivity contribution in [1.29, 1.82) is 0 Å². The number of hydrogen-bond donors (Lipinski definition) is 0. The Labute approximate surface area is 84.4 Å². The lowest BCUT2D eigenvalue weighted by Crippen LogP contribution is -2.21. The normalized spacial score (nSPS) is 19.0. The van der Waals surface area contributed by atoms with Crippen LogP contribution in [0.3, 0.4) is 0 Å². The van der Waals surface area contributed by atoms with Crippen molar-refractivity contribution in [3.63, 3.8) is 0 Å². The molecule has 0 radical (unpaired) electrons. The highest BCUT2D eigenvalue weighted by Crippen LogP contribution is 2.45. The van der Waals surface area contributed by atoms with Crippen LogP contribution in [0.4, 0.5) is 11.4 Å². The zero-order chi connectivity index (χ0) is 9.71. The zero-order valence-corrected chi connectivity index (χ0v) is 8.62. The van der Waals surface area contributed by atoms with Gasteiger partial charge in [-0.1, -0.05) is 12.1 Å². The van der Waals surface area contributed by atoms with Gasteiger partial charge in [-0.3, -0.25) is 0 Å². The van der Waals surface area contributed by atoms with Gasteiger partial charge in [0.2, 0.25) is 0 Å². The van der Waals surface area contributed by atoms with Crippen molar-refractivity contribution in [2.45, 2.75) is 12.8 Å². The molecule has 3 rings (SSSR count). The highest BCUT2D eigenvalue weighted by atomic mass is 15.4. The zero-order valence-electron chi connectivity index (χ0n) is 8.62. The van der Waals surface area contributed by atoms with E-state index in [2.05, 4.69) is 48.2 Å². The second-order valence-corrected chi connectivity index (χ2v) is 4.03. The van der Waals surface area contributed by atoms with E-state index in [0.717, 1.165) is 0 Å². The quantitative estimate of drug-likeness (QED) is 0.614. The van der Waals surface area contributed by atoms with Crippen molar-refractivity contribution in [3.8, 4) is 0 Å². The van der Waals surface area contributed by atoms with Gasteiger partial charge in [-0.05, 0) is 30.5 Å². The molecule has 1 fully saturated rings. The second kappa shape index (κ2) is 2.53. The smallest absolute Gasteiger partial charge is 0.112 e. The molecule has 0 amide bonds. The summed E-state index contributed by atoms with van der Waals surface area (Å²) in [6.07, 6.45) is 2.55. The third-order valence-electron chi connectivity index (χ3n) is 3.06. The van der Waals surface area contributed by atoms with Gasteiger partial charge in [0.15, 0.2) is 0 Å². The van der Waals surface area contributed by atoms with E-state index in [9.17, 15) is 0 Å². The van der Waals surface area contributed by atoms with Gasteiger partial charge in [-0.2, -0.15) is 0 Å². The molecule has 2 heteroatoms. The van der Waals surface area contributed by atoms with Crippen LogP contribution in [0.25, 0.3) is 0 Å². The summed E-state index contributed by atoms with van der Waals surface area (Å²) in [4.78, 5) is 4.61. The van der Waals surface area contributed by atoms with E-state index < -0.39 is 0 Å². The van der Waals surface area contributed by atoms with Crippen molar-refractivity contribution in [1.82, 2.24) is 0 Å². The third kappa shape index (κ3) is 0.910. The molecule has 0 bridgehead atoms. The molecule has 1 aliphatic carbocycles. The molecule has 0 spiro atoms. The summed E-state index contributed by atoms with van der Waals surface area (Å²) < 4.78 is 0. The number of benzene rings is 1. The van der Waals surface area contributed by atoms with E-state index in [1.54, 1.807) is 5.57 Å². The fourth-order valence-electron chi connectivity index (χ4n) is 2.25. The lowest BCUT2D eigenvalue weighted by Gasteiger charge is -2.18. The minimum Gasteiger partial charge on any atom is -0.329 e. The average Bonchev–Trinajstić information content (AvgIpc) is 2.99. The van der Waals surface area contributed by atoms with Gasteiger partial charge in [-0.15, -0.1) is 0 Å². The predicted octanol–water partition coefficient (Wildman–Crippen LogP) is 2.58. The number of para-hydroxylation sites is 2. The summed E-state index contributed by atoms with van der Waals surface area (Å²) in [5, 5.41) is 0. The Morgan fingerprint density at radius 2 is 1.43 bits per heavy atom. The number of rotatable bonds is 0. The summed E-state index contributed by atoms with van der Waals surface area (Å²) >= 11 is 0. The standard InChI is InChI=1S/C12H14N2/c1-13-10-5-3-4-6-11(10)14(2)12(13)9-7-8-9/h3-6H,7-8H2,1-2H3. The molecule has 1 heterocycles. The number of fused-ring (bicyclic) bond motifs is 1. The van der Waals surface area contributed by atoms with Gasteiger partial charge >= 0.3 is 0 Å². The minimum atomic E-state index is 1.28. The molecule has 14 heavy (non-hydrogen) atoms. The molecule has 0 aromatic heterocycles. The Bertz CT molecular complexity index is 383. The maximum Gasteiger partial charge on any atom is 0.112 e. The Hall–Kier alpha value is -1.44. The molecule has 0 N–H and O–H groups in total.